The van der Waals surface area contributed by atoms with Gasteiger partial charge in [0.25, 0.3) is 0 Å². The van der Waals surface area contributed by atoms with Gasteiger partial charge in [0.15, 0.2) is 0 Å². The second-order valence-corrected chi connectivity index (χ2v) is 5.45. The molecule has 0 bridgehead atoms. The number of rotatable bonds is 4. The van der Waals surface area contributed by atoms with Crippen molar-refractivity contribution in [2.45, 2.75) is 45.6 Å². The van der Waals surface area contributed by atoms with E-state index in [1.807, 2.05) is 0 Å². The van der Waals surface area contributed by atoms with E-state index in [1.54, 1.807) is 0 Å². The van der Waals surface area contributed by atoms with Crippen LogP contribution in [0.25, 0.3) is 0 Å². The molecular formula is C13H24N2O. The molecule has 3 unspecified atom stereocenters. The fraction of sp³-hybridized carbons (Fsp3) is 0.923. The van der Waals surface area contributed by atoms with Crippen molar-refractivity contribution in [2.24, 2.45) is 11.8 Å². The lowest BCUT2D eigenvalue weighted by atomic mass is 9.94. The van der Waals surface area contributed by atoms with Crippen LogP contribution in [0.4, 0.5) is 0 Å². The Hall–Kier alpha value is -0.570. The number of nitrogens with zero attached hydrogens (tertiary/aromatic N) is 1. The van der Waals surface area contributed by atoms with Crippen molar-refractivity contribution in [1.29, 1.82) is 0 Å². The molecular weight excluding hydrogens is 200 g/mol. The van der Waals surface area contributed by atoms with Crippen molar-refractivity contribution < 1.29 is 4.79 Å². The van der Waals surface area contributed by atoms with Crippen molar-refractivity contribution in [3.05, 3.63) is 0 Å². The van der Waals surface area contributed by atoms with Gasteiger partial charge in [0.1, 0.15) is 0 Å². The maximum Gasteiger partial charge on any atom is 0.227 e. The van der Waals surface area contributed by atoms with Crippen molar-refractivity contribution in [3.63, 3.8) is 0 Å². The van der Waals surface area contributed by atoms with Crippen LogP contribution in [0.15, 0.2) is 0 Å². The molecule has 2 heterocycles. The summed E-state index contributed by atoms with van der Waals surface area (Å²) in [5.41, 5.74) is 0. The molecule has 0 aromatic rings. The fourth-order valence-corrected chi connectivity index (χ4v) is 3.13. The van der Waals surface area contributed by atoms with Gasteiger partial charge in [-0.25, -0.2) is 0 Å². The molecule has 2 saturated heterocycles. The van der Waals surface area contributed by atoms with Crippen LogP contribution in [0.2, 0.25) is 0 Å². The summed E-state index contributed by atoms with van der Waals surface area (Å²) in [5.74, 6) is 1.33. The second kappa shape index (κ2) is 5.17. The first-order valence-electron chi connectivity index (χ1n) is 6.74. The van der Waals surface area contributed by atoms with Crippen LogP contribution in [0.1, 0.15) is 39.5 Å². The van der Waals surface area contributed by atoms with Crippen LogP contribution < -0.4 is 5.32 Å². The standard InChI is InChI=1S/C13H24N2O/c1-3-5-10(2)8-15-9-12-11(13(15)16)6-4-7-14-12/h10-12,14H,3-9H2,1-2H3. The third-order valence-corrected chi connectivity index (χ3v) is 3.94. The SMILES string of the molecule is CCCC(C)CN1CC2NCCCC2C1=O. The smallest absolute Gasteiger partial charge is 0.227 e. The zero-order valence-corrected chi connectivity index (χ0v) is 10.5. The van der Waals surface area contributed by atoms with E-state index in [-0.39, 0.29) is 5.92 Å². The number of carbonyl (C=O) groups is 1. The van der Waals surface area contributed by atoms with Crippen LogP contribution in [0.5, 0.6) is 0 Å². The highest BCUT2D eigenvalue weighted by Gasteiger charge is 2.41. The lowest BCUT2D eigenvalue weighted by molar-refractivity contribution is -0.131. The molecule has 3 atom stereocenters. The largest absolute Gasteiger partial charge is 0.341 e. The number of hydrogen-bond donors (Lipinski definition) is 1. The average molecular weight is 224 g/mol. The molecule has 0 radical (unpaired) electrons. The lowest BCUT2D eigenvalue weighted by Crippen LogP contribution is -2.41. The fourth-order valence-electron chi connectivity index (χ4n) is 3.13. The Morgan fingerprint density at radius 2 is 2.38 bits per heavy atom. The number of likely N-dealkylation sites (tertiary alicyclic amines) is 1. The minimum absolute atomic E-state index is 0.280. The number of nitrogens with one attached hydrogen (secondary N) is 1. The minimum Gasteiger partial charge on any atom is -0.341 e. The van der Waals surface area contributed by atoms with E-state index in [1.165, 1.54) is 12.8 Å². The summed E-state index contributed by atoms with van der Waals surface area (Å²) < 4.78 is 0. The highest BCUT2D eigenvalue weighted by molar-refractivity contribution is 5.82. The van der Waals surface area contributed by atoms with Crippen LogP contribution in [-0.2, 0) is 4.79 Å². The molecule has 2 aliphatic rings. The van der Waals surface area contributed by atoms with Gasteiger partial charge < -0.3 is 10.2 Å². The van der Waals surface area contributed by atoms with Crippen LogP contribution in [0, 0.1) is 11.8 Å². The summed E-state index contributed by atoms with van der Waals surface area (Å²) in [6.07, 6.45) is 4.70. The van der Waals surface area contributed by atoms with Gasteiger partial charge in [-0.2, -0.15) is 0 Å². The third kappa shape index (κ3) is 2.40. The molecule has 2 rings (SSSR count). The maximum atomic E-state index is 12.2. The van der Waals surface area contributed by atoms with Gasteiger partial charge in [-0.05, 0) is 31.7 Å². The normalized spacial score (nSPS) is 31.6. The van der Waals surface area contributed by atoms with Gasteiger partial charge in [-0.15, -0.1) is 0 Å². The molecule has 0 saturated carbocycles. The first kappa shape index (κ1) is 11.9. The van der Waals surface area contributed by atoms with Crippen LogP contribution in [0.3, 0.4) is 0 Å². The summed E-state index contributed by atoms with van der Waals surface area (Å²) in [6, 6.07) is 0.440. The Balaban J connectivity index is 1.89. The average Bonchev–Trinajstić information content (AvgIpc) is 2.57. The topological polar surface area (TPSA) is 32.3 Å². The van der Waals surface area contributed by atoms with Gasteiger partial charge in [-0.1, -0.05) is 20.3 Å². The van der Waals surface area contributed by atoms with E-state index in [4.69, 9.17) is 0 Å². The van der Waals surface area contributed by atoms with Crippen molar-refractivity contribution in [3.8, 4) is 0 Å². The van der Waals surface area contributed by atoms with Crippen LogP contribution >= 0.6 is 0 Å². The Kier molecular flexibility index (Phi) is 3.85. The van der Waals surface area contributed by atoms with E-state index in [0.717, 1.165) is 32.5 Å². The van der Waals surface area contributed by atoms with Gasteiger partial charge in [-0.3, -0.25) is 4.79 Å². The summed E-state index contributed by atoms with van der Waals surface area (Å²) in [5, 5.41) is 3.48. The zero-order valence-electron chi connectivity index (χ0n) is 10.5. The number of piperidine rings is 1. The third-order valence-electron chi connectivity index (χ3n) is 3.94. The number of fused-ring (bicyclic) bond motifs is 1. The predicted molar refractivity (Wildman–Crippen MR) is 65.2 cm³/mol. The molecule has 0 spiro atoms. The molecule has 3 nitrogen and oxygen atoms in total. The monoisotopic (exact) mass is 224 g/mol. The van der Waals surface area contributed by atoms with Gasteiger partial charge in [0, 0.05) is 19.1 Å². The van der Waals surface area contributed by atoms with Crippen molar-refractivity contribution in [2.75, 3.05) is 19.6 Å². The Bertz CT molecular complexity index is 254. The van der Waals surface area contributed by atoms with E-state index in [0.29, 0.717) is 17.9 Å². The van der Waals surface area contributed by atoms with Crippen LogP contribution in [-0.4, -0.2) is 36.5 Å². The molecule has 0 aromatic heterocycles. The molecule has 16 heavy (non-hydrogen) atoms. The molecule has 2 aliphatic heterocycles. The Morgan fingerprint density at radius 1 is 1.56 bits per heavy atom. The Morgan fingerprint density at radius 3 is 3.06 bits per heavy atom. The van der Waals surface area contributed by atoms with Crippen molar-refractivity contribution in [1.82, 2.24) is 10.2 Å². The molecule has 1 amide bonds. The second-order valence-electron chi connectivity index (χ2n) is 5.45. The van der Waals surface area contributed by atoms with Gasteiger partial charge in [0.05, 0.1) is 5.92 Å². The Labute approximate surface area is 98.6 Å². The first-order chi connectivity index (χ1) is 7.72. The zero-order chi connectivity index (χ0) is 11.5. The van der Waals surface area contributed by atoms with E-state index in [2.05, 4.69) is 24.1 Å². The van der Waals surface area contributed by atoms with Gasteiger partial charge >= 0.3 is 0 Å². The van der Waals surface area contributed by atoms with E-state index < -0.39 is 0 Å². The summed E-state index contributed by atoms with van der Waals surface area (Å²) in [7, 11) is 0. The molecule has 1 N–H and O–H groups in total. The first-order valence-corrected chi connectivity index (χ1v) is 6.74. The predicted octanol–water partition coefficient (Wildman–Crippen LogP) is 1.63. The number of carbonyl (C=O) groups excluding carboxylic acids is 1. The molecule has 3 heteroatoms. The maximum absolute atomic E-state index is 12.2. The lowest BCUT2D eigenvalue weighted by Gasteiger charge is -2.23. The molecule has 92 valence electrons. The highest BCUT2D eigenvalue weighted by Crippen LogP contribution is 2.27. The quantitative estimate of drug-likeness (QED) is 0.787. The minimum atomic E-state index is 0.280. The molecule has 2 fully saturated rings. The van der Waals surface area contributed by atoms with E-state index >= 15 is 0 Å². The molecule has 0 aromatic carbocycles. The summed E-state index contributed by atoms with van der Waals surface area (Å²) in [4.78, 5) is 14.3. The number of hydrogen-bond acceptors (Lipinski definition) is 2. The van der Waals surface area contributed by atoms with Gasteiger partial charge in [0.2, 0.25) is 5.91 Å². The summed E-state index contributed by atoms with van der Waals surface area (Å²) >= 11 is 0. The van der Waals surface area contributed by atoms with E-state index in [9.17, 15) is 4.79 Å². The summed E-state index contributed by atoms with van der Waals surface area (Å²) in [6.45, 7) is 7.46. The number of amides is 1. The molecule has 0 aliphatic carbocycles. The highest BCUT2D eigenvalue weighted by atomic mass is 16.2. The van der Waals surface area contributed by atoms with Crippen molar-refractivity contribution >= 4 is 5.91 Å².